The summed E-state index contributed by atoms with van der Waals surface area (Å²) in [6.45, 7) is 4.59. The fraction of sp³-hybridized carbons (Fsp3) is 0.650. The maximum Gasteiger partial charge on any atom is 0.254 e. The van der Waals surface area contributed by atoms with Gasteiger partial charge in [-0.2, -0.15) is 0 Å². The van der Waals surface area contributed by atoms with Crippen LogP contribution in [0.5, 0.6) is 0 Å². The van der Waals surface area contributed by atoms with Crippen molar-refractivity contribution in [3.05, 3.63) is 35.4 Å². The van der Waals surface area contributed by atoms with Crippen LogP contribution in [0.1, 0.15) is 29.6 Å². The van der Waals surface area contributed by atoms with Crippen molar-refractivity contribution in [1.82, 2.24) is 9.80 Å². The number of benzene rings is 1. The van der Waals surface area contributed by atoms with E-state index < -0.39 is 17.4 Å². The molecule has 0 saturated carbocycles. The molecule has 1 spiro atoms. The summed E-state index contributed by atoms with van der Waals surface area (Å²) in [5, 5.41) is 0. The van der Waals surface area contributed by atoms with E-state index in [4.69, 9.17) is 14.2 Å². The normalized spacial score (nSPS) is 27.7. The van der Waals surface area contributed by atoms with Gasteiger partial charge in [-0.15, -0.1) is 0 Å². The molecule has 0 bridgehead atoms. The van der Waals surface area contributed by atoms with Crippen molar-refractivity contribution in [2.24, 2.45) is 0 Å². The molecule has 3 aliphatic heterocycles. The molecule has 8 heteroatoms. The third-order valence-corrected chi connectivity index (χ3v) is 5.72. The molecule has 1 atom stereocenters. The largest absolute Gasteiger partial charge is 0.381 e. The molecule has 1 aromatic carbocycles. The van der Waals surface area contributed by atoms with Gasteiger partial charge in [-0.1, -0.05) is 0 Å². The summed E-state index contributed by atoms with van der Waals surface area (Å²) >= 11 is 0. The molecule has 0 N–H and O–H groups in total. The number of nitrogens with zero attached hydrogens (tertiary/aromatic N) is 2. The minimum Gasteiger partial charge on any atom is -0.381 e. The molecule has 1 unspecified atom stereocenters. The molecule has 28 heavy (non-hydrogen) atoms. The van der Waals surface area contributed by atoms with Crippen molar-refractivity contribution < 1.29 is 27.8 Å². The average molecular weight is 396 g/mol. The first-order valence-electron chi connectivity index (χ1n) is 9.90. The zero-order valence-corrected chi connectivity index (χ0v) is 15.9. The highest BCUT2D eigenvalue weighted by molar-refractivity contribution is 5.94. The second kappa shape index (κ2) is 8.41. The first-order chi connectivity index (χ1) is 13.6. The number of rotatable bonds is 2. The number of amides is 1. The Bertz CT molecular complexity index is 713. The Morgan fingerprint density at radius 2 is 1.79 bits per heavy atom. The maximum absolute atomic E-state index is 13.6. The number of ether oxygens (including phenoxy) is 3. The monoisotopic (exact) mass is 396 g/mol. The molecule has 1 amide bonds. The summed E-state index contributed by atoms with van der Waals surface area (Å²) < 4.78 is 44.4. The summed E-state index contributed by atoms with van der Waals surface area (Å²) in [6, 6.07) is 3.66. The molecule has 4 rings (SSSR count). The van der Waals surface area contributed by atoms with Gasteiger partial charge in [0.1, 0.15) is 0 Å². The zero-order chi connectivity index (χ0) is 19.6. The average Bonchev–Trinajstić information content (AvgIpc) is 2.93. The lowest BCUT2D eigenvalue weighted by Crippen LogP contribution is -2.60. The van der Waals surface area contributed by atoms with Gasteiger partial charge in [0.15, 0.2) is 17.4 Å². The Kier molecular flexibility index (Phi) is 5.91. The van der Waals surface area contributed by atoms with Gasteiger partial charge < -0.3 is 19.1 Å². The molecular formula is C20H26F2N2O4. The van der Waals surface area contributed by atoms with Crippen molar-refractivity contribution in [2.45, 2.75) is 31.1 Å². The van der Waals surface area contributed by atoms with Crippen molar-refractivity contribution in [3.63, 3.8) is 0 Å². The second-order valence-electron chi connectivity index (χ2n) is 7.63. The fourth-order valence-electron chi connectivity index (χ4n) is 4.25. The van der Waals surface area contributed by atoms with Crippen LogP contribution in [0.15, 0.2) is 18.2 Å². The van der Waals surface area contributed by atoms with Crippen LogP contribution >= 0.6 is 0 Å². The van der Waals surface area contributed by atoms with Crippen molar-refractivity contribution >= 4 is 5.91 Å². The van der Waals surface area contributed by atoms with Gasteiger partial charge in [0.05, 0.1) is 26.3 Å². The molecule has 3 fully saturated rings. The lowest BCUT2D eigenvalue weighted by molar-refractivity contribution is -0.262. The molecule has 6 nitrogen and oxygen atoms in total. The van der Waals surface area contributed by atoms with Crippen LogP contribution < -0.4 is 0 Å². The minimum absolute atomic E-state index is 0.130. The van der Waals surface area contributed by atoms with Crippen LogP contribution in [0.2, 0.25) is 0 Å². The highest BCUT2D eigenvalue weighted by Crippen LogP contribution is 2.28. The molecular weight excluding hydrogens is 370 g/mol. The third-order valence-electron chi connectivity index (χ3n) is 5.72. The number of hydrogen-bond donors (Lipinski definition) is 0. The molecule has 154 valence electrons. The van der Waals surface area contributed by atoms with Crippen LogP contribution in [-0.2, 0) is 14.2 Å². The predicted molar refractivity (Wildman–Crippen MR) is 96.9 cm³/mol. The van der Waals surface area contributed by atoms with Crippen LogP contribution in [0.25, 0.3) is 0 Å². The van der Waals surface area contributed by atoms with Crippen molar-refractivity contribution in [2.75, 3.05) is 52.6 Å². The Morgan fingerprint density at radius 1 is 1.00 bits per heavy atom. The van der Waals surface area contributed by atoms with Crippen molar-refractivity contribution in [3.8, 4) is 0 Å². The van der Waals surface area contributed by atoms with E-state index in [9.17, 15) is 13.6 Å². The number of carbonyl (C=O) groups is 1. The first kappa shape index (κ1) is 19.7. The summed E-state index contributed by atoms with van der Waals surface area (Å²) in [5.74, 6) is -3.21. The van der Waals surface area contributed by atoms with E-state index in [1.165, 1.54) is 6.07 Å². The van der Waals surface area contributed by atoms with E-state index in [1.54, 1.807) is 4.90 Å². The van der Waals surface area contributed by atoms with E-state index in [1.807, 2.05) is 0 Å². The number of halogens is 2. The molecule has 3 aliphatic rings. The number of carbonyl (C=O) groups excluding carboxylic acids is 1. The van der Waals surface area contributed by atoms with Gasteiger partial charge in [0.25, 0.3) is 5.91 Å². The van der Waals surface area contributed by atoms with Gasteiger partial charge >= 0.3 is 0 Å². The Morgan fingerprint density at radius 3 is 2.57 bits per heavy atom. The Hall–Kier alpha value is -1.61. The van der Waals surface area contributed by atoms with Gasteiger partial charge in [-0.05, 0) is 37.5 Å². The first-order valence-corrected chi connectivity index (χ1v) is 9.90. The van der Waals surface area contributed by atoms with E-state index in [0.29, 0.717) is 32.3 Å². The molecule has 0 aliphatic carbocycles. The molecule has 0 aromatic heterocycles. The van der Waals surface area contributed by atoms with Gasteiger partial charge in [0.2, 0.25) is 0 Å². The molecule has 0 radical (unpaired) electrons. The lowest BCUT2D eigenvalue weighted by Gasteiger charge is -2.45. The van der Waals surface area contributed by atoms with Crippen LogP contribution in [-0.4, -0.2) is 80.1 Å². The topological polar surface area (TPSA) is 51.2 Å². The fourth-order valence-corrected chi connectivity index (χ4v) is 4.25. The smallest absolute Gasteiger partial charge is 0.254 e. The summed E-state index contributed by atoms with van der Waals surface area (Å²) in [7, 11) is 0. The standard InChI is InChI=1S/C20H26F2N2O4/c21-17-3-2-15(12-18(17)22)19(25)24-7-11-28-20(14-24)13-23(6-1-8-27-20)16-4-9-26-10-5-16/h2-3,12,16H,1,4-11,13-14H2. The van der Waals surface area contributed by atoms with Gasteiger partial charge in [-0.25, -0.2) is 8.78 Å². The van der Waals surface area contributed by atoms with E-state index in [-0.39, 0.29) is 18.0 Å². The summed E-state index contributed by atoms with van der Waals surface area (Å²) in [4.78, 5) is 16.9. The van der Waals surface area contributed by atoms with Crippen LogP contribution in [0.3, 0.4) is 0 Å². The number of morpholine rings is 1. The highest BCUT2D eigenvalue weighted by atomic mass is 19.2. The number of hydrogen-bond acceptors (Lipinski definition) is 5. The summed E-state index contributed by atoms with van der Waals surface area (Å²) in [5.41, 5.74) is 0.130. The van der Waals surface area contributed by atoms with E-state index in [2.05, 4.69) is 4.90 Å². The van der Waals surface area contributed by atoms with Crippen molar-refractivity contribution in [1.29, 1.82) is 0 Å². The van der Waals surface area contributed by atoms with Gasteiger partial charge in [-0.3, -0.25) is 9.69 Å². The third kappa shape index (κ3) is 4.20. The van der Waals surface area contributed by atoms with E-state index in [0.717, 1.165) is 51.2 Å². The molecule has 3 saturated heterocycles. The quantitative estimate of drug-likeness (QED) is 0.766. The van der Waals surface area contributed by atoms with Crippen LogP contribution in [0, 0.1) is 11.6 Å². The molecule has 1 aromatic rings. The van der Waals surface area contributed by atoms with Crippen LogP contribution in [0.4, 0.5) is 8.78 Å². The highest BCUT2D eigenvalue weighted by Gasteiger charge is 2.43. The maximum atomic E-state index is 13.6. The van der Waals surface area contributed by atoms with Gasteiger partial charge in [0, 0.05) is 37.9 Å². The molecule has 3 heterocycles. The zero-order valence-electron chi connectivity index (χ0n) is 15.9. The Balaban J connectivity index is 1.49. The summed E-state index contributed by atoms with van der Waals surface area (Å²) in [6.07, 6.45) is 2.86. The lowest BCUT2D eigenvalue weighted by atomic mass is 10.0. The van der Waals surface area contributed by atoms with E-state index >= 15 is 0 Å². The minimum atomic E-state index is -1.02. The second-order valence-corrected chi connectivity index (χ2v) is 7.63. The SMILES string of the molecule is O=C(c1ccc(F)c(F)c1)N1CCOC2(C1)CN(C1CCOCC1)CCCO2. The Labute approximate surface area is 163 Å². The predicted octanol–water partition coefficient (Wildman–Crippen LogP) is 2.03.